The maximum atomic E-state index is 12.1. The Morgan fingerprint density at radius 1 is 1.43 bits per heavy atom. The third kappa shape index (κ3) is 3.28. The Morgan fingerprint density at radius 3 is 3.05 bits per heavy atom. The van der Waals surface area contributed by atoms with Gasteiger partial charge in [-0.05, 0) is 43.0 Å². The Balaban J connectivity index is 1.60. The smallest absolute Gasteiger partial charge is 0.223 e. The summed E-state index contributed by atoms with van der Waals surface area (Å²) in [4.78, 5) is 16.3. The highest BCUT2D eigenvalue weighted by Crippen LogP contribution is 2.24. The molecule has 2 heterocycles. The molecule has 2 unspecified atom stereocenters. The Bertz CT molecular complexity index is 610. The molecular formula is C15H19N5O. The summed E-state index contributed by atoms with van der Waals surface area (Å²) in [6.07, 6.45) is 7.90. The number of nitrogens with zero attached hydrogens (tertiary/aromatic N) is 3. The fourth-order valence-corrected chi connectivity index (χ4v) is 2.69. The van der Waals surface area contributed by atoms with E-state index in [1.807, 2.05) is 24.4 Å². The van der Waals surface area contributed by atoms with Crippen molar-refractivity contribution in [3.63, 3.8) is 0 Å². The van der Waals surface area contributed by atoms with Gasteiger partial charge in [0.1, 0.15) is 0 Å². The molecule has 6 heteroatoms. The van der Waals surface area contributed by atoms with Gasteiger partial charge in [0.25, 0.3) is 0 Å². The average molecular weight is 285 g/mol. The van der Waals surface area contributed by atoms with E-state index in [0.29, 0.717) is 6.54 Å². The quantitative estimate of drug-likeness (QED) is 0.878. The molecule has 0 aliphatic heterocycles. The summed E-state index contributed by atoms with van der Waals surface area (Å²) in [5, 5.41) is 7.13. The molecule has 2 atom stereocenters. The first-order valence-electron chi connectivity index (χ1n) is 7.20. The lowest BCUT2D eigenvalue weighted by Crippen LogP contribution is -2.30. The van der Waals surface area contributed by atoms with Crippen molar-refractivity contribution in [2.45, 2.75) is 31.8 Å². The van der Waals surface area contributed by atoms with Gasteiger partial charge in [0.2, 0.25) is 5.91 Å². The number of nitrogens with one attached hydrogen (secondary N) is 1. The van der Waals surface area contributed by atoms with Crippen LogP contribution in [-0.4, -0.2) is 26.7 Å². The van der Waals surface area contributed by atoms with Gasteiger partial charge >= 0.3 is 0 Å². The number of pyridine rings is 1. The van der Waals surface area contributed by atoms with Crippen LogP contribution in [0.4, 0.5) is 0 Å². The number of nitrogens with two attached hydrogens (primary N) is 1. The SMILES string of the molecule is NC1CCC(C(=O)NCc2ccnc(-n3cccn3)c2)C1. The number of aromatic nitrogens is 3. The van der Waals surface area contributed by atoms with E-state index in [1.54, 1.807) is 17.1 Å². The van der Waals surface area contributed by atoms with Gasteiger partial charge in [0.15, 0.2) is 5.82 Å². The minimum atomic E-state index is 0.0624. The first kappa shape index (κ1) is 13.8. The Morgan fingerprint density at radius 2 is 2.33 bits per heavy atom. The summed E-state index contributed by atoms with van der Waals surface area (Å²) >= 11 is 0. The number of carbonyl (C=O) groups is 1. The maximum Gasteiger partial charge on any atom is 0.223 e. The van der Waals surface area contributed by atoms with Crippen LogP contribution in [0.2, 0.25) is 0 Å². The van der Waals surface area contributed by atoms with Crippen molar-refractivity contribution in [3.8, 4) is 5.82 Å². The van der Waals surface area contributed by atoms with Crippen molar-refractivity contribution in [1.29, 1.82) is 0 Å². The first-order chi connectivity index (χ1) is 10.2. The average Bonchev–Trinajstić information content (AvgIpc) is 3.16. The second-order valence-electron chi connectivity index (χ2n) is 5.46. The van der Waals surface area contributed by atoms with Crippen LogP contribution >= 0.6 is 0 Å². The molecule has 1 fully saturated rings. The topological polar surface area (TPSA) is 85.8 Å². The molecular weight excluding hydrogens is 266 g/mol. The van der Waals surface area contributed by atoms with Crippen LogP contribution in [0, 0.1) is 5.92 Å². The molecule has 0 radical (unpaired) electrons. The molecule has 2 aromatic rings. The van der Waals surface area contributed by atoms with E-state index in [1.165, 1.54) is 0 Å². The molecule has 3 rings (SSSR count). The van der Waals surface area contributed by atoms with E-state index in [-0.39, 0.29) is 17.9 Å². The zero-order valence-electron chi connectivity index (χ0n) is 11.8. The number of hydrogen-bond donors (Lipinski definition) is 2. The third-order valence-electron chi connectivity index (χ3n) is 3.86. The summed E-state index contributed by atoms with van der Waals surface area (Å²) in [5.74, 6) is 0.905. The molecule has 0 bridgehead atoms. The second kappa shape index (κ2) is 6.05. The third-order valence-corrected chi connectivity index (χ3v) is 3.86. The van der Waals surface area contributed by atoms with Crippen LogP contribution in [-0.2, 0) is 11.3 Å². The van der Waals surface area contributed by atoms with Crippen molar-refractivity contribution in [2.24, 2.45) is 11.7 Å². The highest BCUT2D eigenvalue weighted by atomic mass is 16.1. The molecule has 0 aromatic carbocycles. The van der Waals surface area contributed by atoms with Crippen LogP contribution < -0.4 is 11.1 Å². The Labute approximate surface area is 123 Å². The van der Waals surface area contributed by atoms with E-state index in [0.717, 1.165) is 30.6 Å². The van der Waals surface area contributed by atoms with Crippen LogP contribution in [0.15, 0.2) is 36.8 Å². The van der Waals surface area contributed by atoms with Crippen molar-refractivity contribution < 1.29 is 4.79 Å². The molecule has 2 aromatic heterocycles. The fraction of sp³-hybridized carbons (Fsp3) is 0.400. The molecule has 0 spiro atoms. The van der Waals surface area contributed by atoms with Gasteiger partial charge in [-0.2, -0.15) is 5.10 Å². The second-order valence-corrected chi connectivity index (χ2v) is 5.46. The van der Waals surface area contributed by atoms with Gasteiger partial charge in [0.05, 0.1) is 0 Å². The standard InChI is InChI=1S/C15H19N5O/c16-13-3-2-12(9-13)15(21)18-10-11-4-6-17-14(8-11)20-7-1-5-19-20/h1,4-8,12-13H,2-3,9-10,16H2,(H,18,21). The van der Waals surface area contributed by atoms with Gasteiger partial charge in [-0.3, -0.25) is 4.79 Å². The Kier molecular flexibility index (Phi) is 3.96. The zero-order valence-corrected chi connectivity index (χ0v) is 11.8. The molecule has 1 aliphatic rings. The molecule has 1 saturated carbocycles. The summed E-state index contributed by atoms with van der Waals surface area (Å²) in [6.45, 7) is 0.501. The number of carbonyl (C=O) groups excluding carboxylic acids is 1. The van der Waals surface area contributed by atoms with E-state index in [4.69, 9.17) is 5.73 Å². The normalized spacial score (nSPS) is 21.4. The number of rotatable bonds is 4. The molecule has 21 heavy (non-hydrogen) atoms. The van der Waals surface area contributed by atoms with Gasteiger partial charge in [-0.25, -0.2) is 9.67 Å². The van der Waals surface area contributed by atoms with Gasteiger partial charge in [-0.15, -0.1) is 0 Å². The number of hydrogen-bond acceptors (Lipinski definition) is 4. The minimum Gasteiger partial charge on any atom is -0.352 e. The highest BCUT2D eigenvalue weighted by molar-refractivity contribution is 5.79. The molecule has 110 valence electrons. The largest absolute Gasteiger partial charge is 0.352 e. The Hall–Kier alpha value is -2.21. The van der Waals surface area contributed by atoms with Crippen molar-refractivity contribution in [3.05, 3.63) is 42.4 Å². The highest BCUT2D eigenvalue weighted by Gasteiger charge is 2.27. The van der Waals surface area contributed by atoms with Crippen molar-refractivity contribution in [1.82, 2.24) is 20.1 Å². The van der Waals surface area contributed by atoms with E-state index < -0.39 is 0 Å². The van der Waals surface area contributed by atoms with Crippen molar-refractivity contribution in [2.75, 3.05) is 0 Å². The lowest BCUT2D eigenvalue weighted by atomic mass is 10.1. The molecule has 1 aliphatic carbocycles. The summed E-state index contributed by atoms with van der Waals surface area (Å²) in [7, 11) is 0. The predicted octanol–water partition coefficient (Wildman–Crippen LogP) is 1.01. The lowest BCUT2D eigenvalue weighted by Gasteiger charge is -2.11. The minimum absolute atomic E-state index is 0.0624. The van der Waals surface area contributed by atoms with E-state index in [9.17, 15) is 4.79 Å². The fourth-order valence-electron chi connectivity index (χ4n) is 2.69. The van der Waals surface area contributed by atoms with Gasteiger partial charge < -0.3 is 11.1 Å². The van der Waals surface area contributed by atoms with Crippen LogP contribution in [0.25, 0.3) is 5.82 Å². The number of amides is 1. The zero-order chi connectivity index (χ0) is 14.7. The van der Waals surface area contributed by atoms with Gasteiger partial charge in [-0.1, -0.05) is 0 Å². The van der Waals surface area contributed by atoms with Gasteiger partial charge in [0, 0.05) is 37.1 Å². The summed E-state index contributed by atoms with van der Waals surface area (Å²) in [6, 6.07) is 5.84. The maximum absolute atomic E-state index is 12.1. The molecule has 0 saturated heterocycles. The monoisotopic (exact) mass is 285 g/mol. The molecule has 1 amide bonds. The lowest BCUT2D eigenvalue weighted by molar-refractivity contribution is -0.125. The van der Waals surface area contributed by atoms with Crippen molar-refractivity contribution >= 4 is 5.91 Å². The summed E-state index contributed by atoms with van der Waals surface area (Å²) in [5.41, 5.74) is 6.85. The van der Waals surface area contributed by atoms with E-state index >= 15 is 0 Å². The molecule has 6 nitrogen and oxygen atoms in total. The predicted molar refractivity (Wildman–Crippen MR) is 78.5 cm³/mol. The van der Waals surface area contributed by atoms with E-state index in [2.05, 4.69) is 15.4 Å². The molecule has 3 N–H and O–H groups in total. The van der Waals surface area contributed by atoms with Crippen LogP contribution in [0.1, 0.15) is 24.8 Å². The van der Waals surface area contributed by atoms with Crippen LogP contribution in [0.3, 0.4) is 0 Å². The van der Waals surface area contributed by atoms with Crippen LogP contribution in [0.5, 0.6) is 0 Å². The first-order valence-corrected chi connectivity index (χ1v) is 7.20. The summed E-state index contributed by atoms with van der Waals surface area (Å²) < 4.78 is 1.70.